The summed E-state index contributed by atoms with van der Waals surface area (Å²) in [6.45, 7) is 0.640. The predicted octanol–water partition coefficient (Wildman–Crippen LogP) is 3.08. The van der Waals surface area contributed by atoms with Gasteiger partial charge in [0.15, 0.2) is 3.77 Å². The van der Waals surface area contributed by atoms with Gasteiger partial charge in [0.25, 0.3) is 0 Å². The van der Waals surface area contributed by atoms with Crippen molar-refractivity contribution in [3.8, 4) is 0 Å². The molecule has 0 saturated carbocycles. The lowest BCUT2D eigenvalue weighted by Gasteiger charge is -2.08. The van der Waals surface area contributed by atoms with E-state index >= 15 is 0 Å². The summed E-state index contributed by atoms with van der Waals surface area (Å²) in [5, 5.41) is 6.00. The molecule has 2 aromatic rings. The summed E-state index contributed by atoms with van der Waals surface area (Å²) in [5.41, 5.74) is 1.64. The Morgan fingerprint density at radius 1 is 1.30 bits per heavy atom. The van der Waals surface area contributed by atoms with Crippen molar-refractivity contribution in [1.29, 1.82) is 0 Å². The summed E-state index contributed by atoms with van der Waals surface area (Å²) in [6.07, 6.45) is 0. The van der Waals surface area contributed by atoms with Gasteiger partial charge in [0.1, 0.15) is 12.4 Å². The van der Waals surface area contributed by atoms with Gasteiger partial charge < -0.3 is 19.8 Å². The number of anilines is 2. The number of ether oxygens (including phenoxy) is 1. The molecule has 0 aliphatic rings. The molecule has 1 amide bonds. The Morgan fingerprint density at radius 3 is 2.80 bits per heavy atom. The Balaban J connectivity index is 1.93. The molecule has 2 N–H and O–H groups in total. The van der Waals surface area contributed by atoms with Gasteiger partial charge in [0.2, 0.25) is 5.91 Å². The first-order chi connectivity index (χ1) is 9.67. The zero-order valence-corrected chi connectivity index (χ0v) is 13.1. The lowest BCUT2D eigenvalue weighted by Crippen LogP contribution is -2.17. The molecule has 5 nitrogen and oxygen atoms in total. The average molecular weight is 386 g/mol. The standard InChI is InChI=1S/C14H15IN2O3/c1-19-9-14(18)17-11-4-2-3-10(7-11)16-8-12-5-6-13(15)20-12/h2-7,16H,8-9H2,1H3,(H,17,18). The Bertz CT molecular complexity index is 583. The highest BCUT2D eigenvalue weighted by molar-refractivity contribution is 14.1. The maximum atomic E-state index is 11.4. The van der Waals surface area contributed by atoms with Gasteiger partial charge >= 0.3 is 0 Å². The van der Waals surface area contributed by atoms with E-state index in [-0.39, 0.29) is 12.5 Å². The molecule has 1 aromatic heterocycles. The normalized spacial score (nSPS) is 10.3. The minimum atomic E-state index is -0.176. The van der Waals surface area contributed by atoms with Crippen LogP contribution in [-0.2, 0) is 16.1 Å². The molecule has 0 aliphatic heterocycles. The minimum Gasteiger partial charge on any atom is -0.454 e. The van der Waals surface area contributed by atoms with Gasteiger partial charge in [0.05, 0.1) is 6.54 Å². The Hall–Kier alpha value is -1.54. The highest BCUT2D eigenvalue weighted by atomic mass is 127. The SMILES string of the molecule is COCC(=O)Nc1cccc(NCc2ccc(I)o2)c1. The molecular weight excluding hydrogens is 371 g/mol. The lowest BCUT2D eigenvalue weighted by molar-refractivity contribution is -0.119. The largest absolute Gasteiger partial charge is 0.454 e. The van der Waals surface area contributed by atoms with Crippen molar-refractivity contribution in [2.24, 2.45) is 0 Å². The zero-order chi connectivity index (χ0) is 14.4. The van der Waals surface area contributed by atoms with E-state index in [0.29, 0.717) is 6.54 Å². The molecule has 0 atom stereocenters. The quantitative estimate of drug-likeness (QED) is 0.750. The lowest BCUT2D eigenvalue weighted by atomic mass is 10.2. The number of furan rings is 1. The molecule has 0 spiro atoms. The van der Waals surface area contributed by atoms with Crippen LogP contribution in [-0.4, -0.2) is 19.6 Å². The molecule has 0 aliphatic carbocycles. The van der Waals surface area contributed by atoms with Gasteiger partial charge in [-0.25, -0.2) is 0 Å². The third-order valence-electron chi connectivity index (χ3n) is 2.52. The van der Waals surface area contributed by atoms with E-state index in [2.05, 4.69) is 33.2 Å². The first-order valence-electron chi connectivity index (χ1n) is 6.04. The third kappa shape index (κ3) is 4.53. The van der Waals surface area contributed by atoms with E-state index in [0.717, 1.165) is 20.9 Å². The molecule has 0 radical (unpaired) electrons. The van der Waals surface area contributed by atoms with E-state index in [1.54, 1.807) is 0 Å². The van der Waals surface area contributed by atoms with Crippen LogP contribution in [0.5, 0.6) is 0 Å². The first-order valence-corrected chi connectivity index (χ1v) is 7.12. The number of nitrogens with one attached hydrogen (secondary N) is 2. The van der Waals surface area contributed by atoms with E-state index < -0.39 is 0 Å². The number of amides is 1. The molecule has 106 valence electrons. The highest BCUT2D eigenvalue weighted by Crippen LogP contribution is 2.17. The number of carbonyl (C=O) groups is 1. The number of hydrogen-bond acceptors (Lipinski definition) is 4. The second kappa shape index (κ2) is 7.30. The van der Waals surface area contributed by atoms with Crippen molar-refractivity contribution in [1.82, 2.24) is 0 Å². The van der Waals surface area contributed by atoms with E-state index in [1.807, 2.05) is 36.4 Å². The number of carbonyl (C=O) groups excluding carboxylic acids is 1. The van der Waals surface area contributed by atoms with Crippen LogP contribution in [0.3, 0.4) is 0 Å². The van der Waals surface area contributed by atoms with Gasteiger partial charge in [0, 0.05) is 18.5 Å². The van der Waals surface area contributed by atoms with E-state index in [9.17, 15) is 4.79 Å². The maximum absolute atomic E-state index is 11.4. The topological polar surface area (TPSA) is 63.5 Å². The molecule has 0 bridgehead atoms. The number of hydrogen-bond donors (Lipinski definition) is 2. The van der Waals surface area contributed by atoms with Crippen LogP contribution in [0.2, 0.25) is 0 Å². The van der Waals surface area contributed by atoms with Crippen LogP contribution in [0.4, 0.5) is 11.4 Å². The predicted molar refractivity (Wildman–Crippen MR) is 85.7 cm³/mol. The summed E-state index contributed by atoms with van der Waals surface area (Å²) in [5.74, 6) is 0.688. The van der Waals surface area contributed by atoms with Gasteiger partial charge in [-0.1, -0.05) is 6.07 Å². The van der Waals surface area contributed by atoms with Crippen molar-refractivity contribution in [2.75, 3.05) is 24.4 Å². The van der Waals surface area contributed by atoms with Gasteiger partial charge in [-0.2, -0.15) is 0 Å². The Labute approximate surface area is 130 Å². The van der Waals surface area contributed by atoms with Gasteiger partial charge in [-0.05, 0) is 52.9 Å². The summed E-state index contributed by atoms with van der Waals surface area (Å²) >= 11 is 2.13. The van der Waals surface area contributed by atoms with Crippen molar-refractivity contribution >= 4 is 39.9 Å². The monoisotopic (exact) mass is 386 g/mol. The molecule has 0 fully saturated rings. The fourth-order valence-electron chi connectivity index (χ4n) is 1.67. The first kappa shape index (κ1) is 14.9. The summed E-state index contributed by atoms with van der Waals surface area (Å²) < 4.78 is 11.1. The average Bonchev–Trinajstić information content (AvgIpc) is 2.83. The molecule has 2 rings (SSSR count). The van der Waals surface area contributed by atoms with Crippen LogP contribution in [0.25, 0.3) is 0 Å². The summed E-state index contributed by atoms with van der Waals surface area (Å²) in [7, 11) is 1.49. The second-order valence-corrected chi connectivity index (χ2v) is 5.18. The van der Waals surface area contributed by atoms with Crippen LogP contribution < -0.4 is 10.6 Å². The molecule has 1 heterocycles. The summed E-state index contributed by atoms with van der Waals surface area (Å²) in [6, 6.07) is 11.3. The van der Waals surface area contributed by atoms with Crippen molar-refractivity contribution < 1.29 is 13.9 Å². The van der Waals surface area contributed by atoms with Crippen LogP contribution in [0.1, 0.15) is 5.76 Å². The third-order valence-corrected chi connectivity index (χ3v) is 3.10. The van der Waals surface area contributed by atoms with E-state index in [4.69, 9.17) is 9.15 Å². The number of halogens is 1. The van der Waals surface area contributed by atoms with Crippen molar-refractivity contribution in [2.45, 2.75) is 6.54 Å². The molecule has 0 saturated heterocycles. The van der Waals surface area contributed by atoms with Gasteiger partial charge in [-0.15, -0.1) is 0 Å². The fraction of sp³-hybridized carbons (Fsp3) is 0.214. The summed E-state index contributed by atoms with van der Waals surface area (Å²) in [4.78, 5) is 11.4. The van der Waals surface area contributed by atoms with Crippen LogP contribution >= 0.6 is 22.6 Å². The fourth-order valence-corrected chi connectivity index (χ4v) is 2.13. The van der Waals surface area contributed by atoms with Crippen molar-refractivity contribution in [3.63, 3.8) is 0 Å². The number of methoxy groups -OCH3 is 1. The second-order valence-electron chi connectivity index (χ2n) is 4.12. The molecule has 20 heavy (non-hydrogen) atoms. The smallest absolute Gasteiger partial charge is 0.250 e. The van der Waals surface area contributed by atoms with E-state index in [1.165, 1.54) is 7.11 Å². The number of benzene rings is 1. The molecule has 6 heteroatoms. The minimum absolute atomic E-state index is 0.0441. The molecular formula is C14H15IN2O3. The maximum Gasteiger partial charge on any atom is 0.250 e. The number of rotatable bonds is 6. The van der Waals surface area contributed by atoms with Gasteiger partial charge in [-0.3, -0.25) is 4.79 Å². The van der Waals surface area contributed by atoms with Crippen LogP contribution in [0, 0.1) is 3.77 Å². The van der Waals surface area contributed by atoms with Crippen molar-refractivity contribution in [3.05, 3.63) is 45.9 Å². The molecule has 1 aromatic carbocycles. The Morgan fingerprint density at radius 2 is 2.10 bits per heavy atom. The molecule has 0 unspecified atom stereocenters. The van der Waals surface area contributed by atoms with Crippen LogP contribution in [0.15, 0.2) is 40.8 Å². The Kier molecular flexibility index (Phi) is 5.42. The highest BCUT2D eigenvalue weighted by Gasteiger charge is 2.03. The zero-order valence-electron chi connectivity index (χ0n) is 11.0.